The van der Waals surface area contributed by atoms with Gasteiger partial charge in [0.15, 0.2) is 6.33 Å². The fourth-order valence-corrected chi connectivity index (χ4v) is 1.92. The van der Waals surface area contributed by atoms with Crippen LogP contribution in [0.3, 0.4) is 0 Å². The summed E-state index contributed by atoms with van der Waals surface area (Å²) in [5, 5.41) is 18.6. The summed E-state index contributed by atoms with van der Waals surface area (Å²) in [7, 11) is 0. The first-order valence-electron chi connectivity index (χ1n) is 5.66. The Kier molecular flexibility index (Phi) is 3.37. The maximum Gasteiger partial charge on any atom is 0.369 e. The van der Waals surface area contributed by atoms with Crippen LogP contribution in [0.15, 0.2) is 28.7 Å². The van der Waals surface area contributed by atoms with Gasteiger partial charge in [-0.2, -0.15) is 4.98 Å². The molecule has 0 aliphatic rings. The third-order valence-corrected chi connectivity index (χ3v) is 2.66. The molecule has 7 nitrogen and oxygen atoms in total. The van der Waals surface area contributed by atoms with Crippen molar-refractivity contribution in [1.82, 2.24) is 9.97 Å². The van der Waals surface area contributed by atoms with E-state index in [1.807, 2.05) is 32.9 Å². The van der Waals surface area contributed by atoms with Crippen molar-refractivity contribution in [3.05, 3.63) is 45.3 Å². The normalized spacial score (nSPS) is 11.1. The third-order valence-electron chi connectivity index (χ3n) is 2.66. The number of nitrogens with one attached hydrogen (secondary N) is 1. The second kappa shape index (κ2) is 4.97. The zero-order chi connectivity index (χ0) is 14.0. The Morgan fingerprint density at radius 3 is 2.42 bits per heavy atom. The first-order chi connectivity index (χ1) is 8.99. The first-order valence-corrected chi connectivity index (χ1v) is 5.66. The summed E-state index contributed by atoms with van der Waals surface area (Å²) in [4.78, 5) is 16.3. The van der Waals surface area contributed by atoms with Crippen molar-refractivity contribution in [3.63, 3.8) is 0 Å². The summed E-state index contributed by atoms with van der Waals surface area (Å²) >= 11 is 0. The Morgan fingerprint density at radius 1 is 1.21 bits per heavy atom. The lowest BCUT2D eigenvalue weighted by Gasteiger charge is -2.04. The monoisotopic (exact) mass is 259 g/mol. The second-order valence-electron chi connectivity index (χ2n) is 4.28. The van der Waals surface area contributed by atoms with Crippen molar-refractivity contribution in [2.45, 2.75) is 20.8 Å². The second-order valence-corrected chi connectivity index (χ2v) is 4.28. The van der Waals surface area contributed by atoms with Crippen molar-refractivity contribution in [2.75, 3.05) is 0 Å². The number of benzene rings is 1. The highest BCUT2D eigenvalue weighted by Gasteiger charge is 2.14. The molecule has 1 aromatic heterocycles. The first kappa shape index (κ1) is 12.9. The Hall–Kier alpha value is -2.57. The number of hydrogen-bond donors (Lipinski definition) is 1. The lowest BCUT2D eigenvalue weighted by Crippen LogP contribution is -1.87. The van der Waals surface area contributed by atoms with E-state index >= 15 is 0 Å². The molecule has 0 unspecified atom stereocenters. The molecule has 2 rings (SSSR count). The van der Waals surface area contributed by atoms with E-state index < -0.39 is 4.92 Å². The number of azo groups is 1. The molecule has 0 saturated heterocycles. The summed E-state index contributed by atoms with van der Waals surface area (Å²) < 4.78 is 0. The van der Waals surface area contributed by atoms with Crippen LogP contribution in [0, 0.1) is 30.9 Å². The van der Waals surface area contributed by atoms with Crippen molar-refractivity contribution < 1.29 is 4.92 Å². The molecule has 0 saturated carbocycles. The minimum atomic E-state index is -0.573. The van der Waals surface area contributed by atoms with Crippen LogP contribution in [0.2, 0.25) is 0 Å². The molecule has 0 aliphatic carbocycles. The van der Waals surface area contributed by atoms with Gasteiger partial charge in [0.05, 0.1) is 5.69 Å². The molecule has 0 spiro atoms. The van der Waals surface area contributed by atoms with Gasteiger partial charge in [-0.25, -0.2) is 4.98 Å². The predicted molar refractivity (Wildman–Crippen MR) is 70.1 cm³/mol. The Bertz CT molecular complexity index is 637. The number of aromatic amines is 1. The number of H-pyrrole nitrogens is 1. The van der Waals surface area contributed by atoms with E-state index in [4.69, 9.17) is 0 Å². The largest absolute Gasteiger partial charge is 0.369 e. The van der Waals surface area contributed by atoms with Crippen LogP contribution in [-0.4, -0.2) is 14.9 Å². The van der Waals surface area contributed by atoms with Crippen molar-refractivity contribution in [1.29, 1.82) is 0 Å². The number of rotatable bonds is 3. The highest BCUT2D eigenvalue weighted by atomic mass is 16.6. The summed E-state index contributed by atoms with van der Waals surface area (Å²) in [5.41, 5.74) is 3.79. The van der Waals surface area contributed by atoms with Gasteiger partial charge >= 0.3 is 5.82 Å². The van der Waals surface area contributed by atoms with Gasteiger partial charge in [0.2, 0.25) is 0 Å². The molecule has 19 heavy (non-hydrogen) atoms. The topological polar surface area (TPSA) is 96.5 Å². The lowest BCUT2D eigenvalue weighted by molar-refractivity contribution is -0.388. The van der Waals surface area contributed by atoms with E-state index in [-0.39, 0.29) is 11.6 Å². The third kappa shape index (κ3) is 2.65. The summed E-state index contributed by atoms with van der Waals surface area (Å²) in [6.45, 7) is 5.85. The number of imidazole rings is 1. The zero-order valence-corrected chi connectivity index (χ0v) is 10.8. The molecule has 7 heteroatoms. The molecule has 1 aromatic carbocycles. The van der Waals surface area contributed by atoms with Gasteiger partial charge in [0.25, 0.3) is 5.82 Å². The van der Waals surface area contributed by atoms with Gasteiger partial charge in [-0.1, -0.05) is 17.7 Å². The van der Waals surface area contributed by atoms with Crippen LogP contribution >= 0.6 is 0 Å². The molecule has 0 amide bonds. The quantitative estimate of drug-likeness (QED) is 0.517. The van der Waals surface area contributed by atoms with E-state index in [9.17, 15) is 10.1 Å². The van der Waals surface area contributed by atoms with Crippen LogP contribution in [-0.2, 0) is 0 Å². The fourth-order valence-electron chi connectivity index (χ4n) is 1.92. The van der Waals surface area contributed by atoms with Crippen molar-refractivity contribution >= 4 is 17.3 Å². The maximum atomic E-state index is 10.7. The summed E-state index contributed by atoms with van der Waals surface area (Å²) in [5.74, 6) is -0.282. The van der Waals surface area contributed by atoms with E-state index in [2.05, 4.69) is 20.2 Å². The van der Waals surface area contributed by atoms with E-state index in [0.717, 1.165) is 16.7 Å². The van der Waals surface area contributed by atoms with Gasteiger partial charge in [-0.15, -0.1) is 10.2 Å². The number of hydrogen-bond acceptors (Lipinski definition) is 5. The molecule has 0 atom stereocenters. The van der Waals surface area contributed by atoms with Crippen molar-refractivity contribution in [2.24, 2.45) is 10.2 Å². The summed E-state index contributed by atoms with van der Waals surface area (Å²) in [6, 6.07) is 3.97. The molecule has 98 valence electrons. The van der Waals surface area contributed by atoms with Crippen LogP contribution in [0.5, 0.6) is 0 Å². The fraction of sp³-hybridized carbons (Fsp3) is 0.250. The average Bonchev–Trinajstić information content (AvgIpc) is 2.75. The molecule has 1 heterocycles. The highest BCUT2D eigenvalue weighted by molar-refractivity contribution is 5.54. The smallest absolute Gasteiger partial charge is 0.358 e. The molecular formula is C12H13N5O2. The van der Waals surface area contributed by atoms with E-state index in [0.29, 0.717) is 5.69 Å². The molecule has 0 aliphatic heterocycles. The number of nitrogens with zero attached hydrogens (tertiary/aromatic N) is 4. The minimum Gasteiger partial charge on any atom is -0.358 e. The van der Waals surface area contributed by atoms with Gasteiger partial charge in [0, 0.05) is 0 Å². The number of nitro groups is 1. The van der Waals surface area contributed by atoms with Crippen molar-refractivity contribution in [3.8, 4) is 0 Å². The van der Waals surface area contributed by atoms with Gasteiger partial charge in [-0.05, 0) is 36.8 Å². The Labute approximate surface area is 109 Å². The summed E-state index contributed by atoms with van der Waals surface area (Å²) in [6.07, 6.45) is 1.22. The predicted octanol–water partition coefficient (Wildman–Crippen LogP) is 3.66. The molecule has 2 aromatic rings. The average molecular weight is 259 g/mol. The minimum absolute atomic E-state index is 0.0237. The molecule has 1 N–H and O–H groups in total. The zero-order valence-electron chi connectivity index (χ0n) is 10.8. The maximum absolute atomic E-state index is 10.7. The van der Waals surface area contributed by atoms with Gasteiger partial charge < -0.3 is 10.1 Å². The van der Waals surface area contributed by atoms with E-state index in [1.165, 1.54) is 6.33 Å². The SMILES string of the molecule is Cc1cc(C)c(N=Nc2nc[nH]c2[N+](=O)[O-])c(C)c1. The highest BCUT2D eigenvalue weighted by Crippen LogP contribution is 2.29. The van der Waals surface area contributed by atoms with E-state index in [1.54, 1.807) is 0 Å². The molecule has 0 radical (unpaired) electrons. The van der Waals surface area contributed by atoms with Crippen LogP contribution in [0.4, 0.5) is 17.3 Å². The molecule has 0 bridgehead atoms. The molecule has 0 fully saturated rings. The number of aryl methyl sites for hydroxylation is 3. The van der Waals surface area contributed by atoms with Crippen LogP contribution < -0.4 is 0 Å². The Morgan fingerprint density at radius 2 is 1.84 bits per heavy atom. The van der Waals surface area contributed by atoms with Crippen LogP contribution in [0.1, 0.15) is 16.7 Å². The molecular weight excluding hydrogens is 246 g/mol. The van der Waals surface area contributed by atoms with Crippen LogP contribution in [0.25, 0.3) is 0 Å². The van der Waals surface area contributed by atoms with Gasteiger partial charge in [-0.3, -0.25) is 0 Å². The lowest BCUT2D eigenvalue weighted by atomic mass is 10.1. The number of aromatic nitrogens is 2. The standard InChI is InChI=1S/C12H13N5O2/c1-7-4-8(2)10(9(3)5-7)15-16-11-12(17(18)19)14-6-13-11/h4-6H,1-3H3,(H,13,14). The van der Waals surface area contributed by atoms with Gasteiger partial charge in [0.1, 0.15) is 0 Å². The Balaban J connectivity index is 2.38.